The Bertz CT molecular complexity index is 595. The van der Waals surface area contributed by atoms with Crippen molar-refractivity contribution in [2.24, 2.45) is 0 Å². The van der Waals surface area contributed by atoms with Crippen LogP contribution in [-0.2, 0) is 0 Å². The number of hydrogen-bond donors (Lipinski definition) is 0. The summed E-state index contributed by atoms with van der Waals surface area (Å²) in [5.74, 6) is 0. The molecule has 0 aromatic heterocycles. The first-order valence-electron chi connectivity index (χ1n) is 5.18. The minimum absolute atomic E-state index is 0.00137. The maximum Gasteiger partial charge on any atom is 0.285 e. The third-order valence-electron chi connectivity index (χ3n) is 2.08. The van der Waals surface area contributed by atoms with Gasteiger partial charge in [0, 0.05) is 23.5 Å². The Labute approximate surface area is 124 Å². The smallest absolute Gasteiger partial charge is 0.285 e. The second-order valence-corrected chi connectivity index (χ2v) is 5.64. The lowest BCUT2D eigenvalue weighted by molar-refractivity contribution is 0.241. The van der Waals surface area contributed by atoms with Crippen LogP contribution in [0.5, 0.6) is 0 Å². The molecule has 6 heteroatoms. The van der Waals surface area contributed by atoms with Gasteiger partial charge < -0.3 is 4.90 Å². The monoisotopic (exact) mass is 335 g/mol. The average Bonchev–Trinajstić information content (AvgIpc) is 2.37. The summed E-state index contributed by atoms with van der Waals surface area (Å²) >= 11 is 4.38. The van der Waals surface area contributed by atoms with Crippen LogP contribution < -0.4 is 0 Å². The van der Waals surface area contributed by atoms with Gasteiger partial charge in [0.05, 0.1) is 0 Å². The van der Waals surface area contributed by atoms with E-state index in [0.29, 0.717) is 10.5 Å². The fourth-order valence-electron chi connectivity index (χ4n) is 1.15. The molecule has 0 atom stereocenters. The number of halogens is 1. The van der Waals surface area contributed by atoms with Gasteiger partial charge in [-0.15, -0.1) is 0 Å². The zero-order chi connectivity index (χ0) is 14.4. The summed E-state index contributed by atoms with van der Waals surface area (Å²) in [6.07, 6.45) is 1.47. The molecule has 0 unspecified atom stereocenters. The Morgan fingerprint density at radius 1 is 1.37 bits per heavy atom. The predicted molar refractivity (Wildman–Crippen MR) is 78.3 cm³/mol. The van der Waals surface area contributed by atoms with Crippen molar-refractivity contribution in [3.63, 3.8) is 0 Å². The highest BCUT2D eigenvalue weighted by molar-refractivity contribution is 9.10. The van der Waals surface area contributed by atoms with Crippen LogP contribution in [0.3, 0.4) is 0 Å². The Kier molecular flexibility index (Phi) is 5.62. The molecule has 0 fully saturated rings. The topological polar surface area (TPSA) is 67.9 Å². The number of amides is 1. The third-order valence-corrected chi connectivity index (χ3v) is 3.69. The van der Waals surface area contributed by atoms with Gasteiger partial charge in [0.2, 0.25) is 0 Å². The van der Waals surface area contributed by atoms with Crippen molar-refractivity contribution < 1.29 is 4.79 Å². The molecule has 0 aliphatic carbocycles. The lowest BCUT2D eigenvalue weighted by Gasteiger charge is -2.11. The molecule has 96 valence electrons. The molecule has 0 bridgehead atoms. The van der Waals surface area contributed by atoms with Crippen molar-refractivity contribution in [2.75, 3.05) is 14.1 Å². The largest absolute Gasteiger partial charge is 0.339 e. The minimum Gasteiger partial charge on any atom is -0.339 e. The maximum atomic E-state index is 11.7. The zero-order valence-electron chi connectivity index (χ0n) is 10.3. The van der Waals surface area contributed by atoms with Gasteiger partial charge in [-0.3, -0.25) is 4.79 Å². The summed E-state index contributed by atoms with van der Waals surface area (Å²) in [5.41, 5.74) is 0.669. The minimum atomic E-state index is -0.122. The van der Waals surface area contributed by atoms with Crippen LogP contribution in [0.4, 0.5) is 4.79 Å². The predicted octanol–water partition coefficient (Wildman–Crippen LogP) is 3.65. The van der Waals surface area contributed by atoms with Gasteiger partial charge in [0.25, 0.3) is 5.24 Å². The Balaban J connectivity index is 3.20. The molecule has 0 saturated heterocycles. The molecule has 19 heavy (non-hydrogen) atoms. The molecule has 4 nitrogen and oxygen atoms in total. The van der Waals surface area contributed by atoms with Crippen LogP contribution in [0, 0.1) is 22.7 Å². The number of allylic oxidation sites excluding steroid dienone is 1. The number of thioether (sulfide) groups is 1. The van der Waals surface area contributed by atoms with Crippen molar-refractivity contribution in [3.05, 3.63) is 33.8 Å². The number of nitriles is 2. The molecule has 0 N–H and O–H groups in total. The number of benzene rings is 1. The molecule has 1 rings (SSSR count). The highest BCUT2D eigenvalue weighted by Gasteiger charge is 2.11. The van der Waals surface area contributed by atoms with E-state index in [4.69, 9.17) is 10.5 Å². The fraction of sp³-hybridized carbons (Fsp3) is 0.154. The second-order valence-electron chi connectivity index (χ2n) is 3.73. The fourth-order valence-corrected chi connectivity index (χ4v) is 2.46. The van der Waals surface area contributed by atoms with Crippen molar-refractivity contribution in [1.82, 2.24) is 4.90 Å². The number of carbonyl (C=O) groups excluding carboxylic acids is 1. The maximum absolute atomic E-state index is 11.7. The van der Waals surface area contributed by atoms with Crippen LogP contribution in [-0.4, -0.2) is 24.2 Å². The molecule has 1 aromatic rings. The molecule has 1 amide bonds. The van der Waals surface area contributed by atoms with Crippen LogP contribution in [0.15, 0.2) is 33.1 Å². The second kappa shape index (κ2) is 6.98. The molecule has 1 aromatic carbocycles. The van der Waals surface area contributed by atoms with E-state index in [1.165, 1.54) is 11.0 Å². The van der Waals surface area contributed by atoms with Gasteiger partial charge in [-0.2, -0.15) is 10.5 Å². The molecule has 0 aliphatic rings. The van der Waals surface area contributed by atoms with Gasteiger partial charge in [0.15, 0.2) is 0 Å². The normalized spacial score (nSPS) is 9.11. The SMILES string of the molecule is CN(C)C(=O)Sc1cc(Br)ccc1C=C(C#N)C#N. The summed E-state index contributed by atoms with van der Waals surface area (Å²) in [6, 6.07) is 8.93. The molecule has 0 saturated carbocycles. The first kappa shape index (κ1) is 15.3. The van der Waals surface area contributed by atoms with Gasteiger partial charge in [-0.1, -0.05) is 22.0 Å². The van der Waals surface area contributed by atoms with Gasteiger partial charge in [-0.25, -0.2) is 0 Å². The Morgan fingerprint density at radius 3 is 2.53 bits per heavy atom. The zero-order valence-corrected chi connectivity index (χ0v) is 12.7. The Morgan fingerprint density at radius 2 is 2.00 bits per heavy atom. The van der Waals surface area contributed by atoms with E-state index in [9.17, 15) is 4.79 Å². The summed E-state index contributed by atoms with van der Waals surface area (Å²) < 4.78 is 0.828. The van der Waals surface area contributed by atoms with Crippen LogP contribution in [0.2, 0.25) is 0 Å². The van der Waals surface area contributed by atoms with Gasteiger partial charge in [-0.05, 0) is 35.5 Å². The van der Waals surface area contributed by atoms with E-state index in [1.807, 2.05) is 0 Å². The van der Waals surface area contributed by atoms with E-state index in [2.05, 4.69) is 15.9 Å². The quantitative estimate of drug-likeness (QED) is 0.611. The molecular formula is C13H10BrN3OS. The summed E-state index contributed by atoms with van der Waals surface area (Å²) in [7, 11) is 3.33. The number of hydrogen-bond acceptors (Lipinski definition) is 4. The van der Waals surface area contributed by atoms with E-state index in [-0.39, 0.29) is 10.8 Å². The van der Waals surface area contributed by atoms with E-state index < -0.39 is 0 Å². The molecule has 0 aliphatic heterocycles. The van der Waals surface area contributed by atoms with Crippen molar-refractivity contribution in [1.29, 1.82) is 10.5 Å². The molecule has 0 spiro atoms. The van der Waals surface area contributed by atoms with Gasteiger partial charge in [0.1, 0.15) is 17.7 Å². The van der Waals surface area contributed by atoms with Crippen LogP contribution in [0.25, 0.3) is 6.08 Å². The average molecular weight is 336 g/mol. The standard InChI is InChI=1S/C13H10BrN3OS/c1-17(2)13(18)19-12-6-11(14)4-3-10(12)5-9(7-15)8-16/h3-6H,1-2H3. The van der Waals surface area contributed by atoms with Gasteiger partial charge >= 0.3 is 0 Å². The van der Waals surface area contributed by atoms with E-state index in [0.717, 1.165) is 16.2 Å². The first-order valence-corrected chi connectivity index (χ1v) is 6.79. The van der Waals surface area contributed by atoms with E-state index in [1.54, 1.807) is 44.4 Å². The highest BCUT2D eigenvalue weighted by Crippen LogP contribution is 2.29. The Hall–Kier alpha value is -1.76. The third kappa shape index (κ3) is 4.44. The lowest BCUT2D eigenvalue weighted by Crippen LogP contribution is -2.16. The van der Waals surface area contributed by atoms with Crippen LogP contribution >= 0.6 is 27.7 Å². The summed E-state index contributed by atoms with van der Waals surface area (Å²) in [4.78, 5) is 13.9. The van der Waals surface area contributed by atoms with Crippen molar-refractivity contribution in [2.45, 2.75) is 4.90 Å². The number of nitrogens with zero attached hydrogens (tertiary/aromatic N) is 3. The lowest BCUT2D eigenvalue weighted by atomic mass is 10.1. The van der Waals surface area contributed by atoms with Crippen molar-refractivity contribution >= 4 is 39.0 Å². The molecule has 0 heterocycles. The molecular weight excluding hydrogens is 326 g/mol. The highest BCUT2D eigenvalue weighted by atomic mass is 79.9. The van der Waals surface area contributed by atoms with E-state index >= 15 is 0 Å². The molecule has 0 radical (unpaired) electrons. The first-order chi connectivity index (χ1) is 8.97. The summed E-state index contributed by atoms with van der Waals surface area (Å²) in [5, 5.41) is 17.4. The van der Waals surface area contributed by atoms with Crippen molar-refractivity contribution in [3.8, 4) is 12.1 Å². The van der Waals surface area contributed by atoms with Crippen LogP contribution in [0.1, 0.15) is 5.56 Å². The summed E-state index contributed by atoms with van der Waals surface area (Å²) in [6.45, 7) is 0. The number of carbonyl (C=O) groups is 1. The number of rotatable bonds is 2.